The molecule has 0 radical (unpaired) electrons. The van der Waals surface area contributed by atoms with Gasteiger partial charge in [0.15, 0.2) is 11.6 Å². The zero-order valence-electron chi connectivity index (χ0n) is 21.1. The van der Waals surface area contributed by atoms with E-state index in [-0.39, 0.29) is 23.8 Å². The Balaban J connectivity index is 1.53. The SMILES string of the molecule is CCCC(=O)N(CC1CC1)c1cnc(Oc2cc(OC(C)C)cc(C(=O)Nc3ccn(C)n3)c2)cn1. The molecule has 1 fully saturated rings. The summed E-state index contributed by atoms with van der Waals surface area (Å²) in [6, 6.07) is 6.65. The Morgan fingerprint density at radius 1 is 1.17 bits per heavy atom. The van der Waals surface area contributed by atoms with E-state index in [1.54, 1.807) is 53.3 Å². The van der Waals surface area contributed by atoms with Crippen molar-refractivity contribution in [3.63, 3.8) is 0 Å². The van der Waals surface area contributed by atoms with Crippen molar-refractivity contribution in [1.82, 2.24) is 19.7 Å². The van der Waals surface area contributed by atoms with Gasteiger partial charge in [0.05, 0.1) is 18.5 Å². The summed E-state index contributed by atoms with van der Waals surface area (Å²) < 4.78 is 13.3. The molecule has 2 heterocycles. The number of carbonyl (C=O) groups is 2. The van der Waals surface area contributed by atoms with Gasteiger partial charge in [0.25, 0.3) is 5.91 Å². The number of benzene rings is 1. The monoisotopic (exact) mass is 492 g/mol. The number of ether oxygens (including phenoxy) is 2. The number of amides is 2. The van der Waals surface area contributed by atoms with Crippen molar-refractivity contribution in [2.24, 2.45) is 13.0 Å². The lowest BCUT2D eigenvalue weighted by atomic mass is 10.2. The molecule has 2 amide bonds. The second kappa shape index (κ2) is 11.2. The zero-order valence-corrected chi connectivity index (χ0v) is 21.1. The number of aryl methyl sites for hydroxylation is 1. The topological polar surface area (TPSA) is 111 Å². The quantitative estimate of drug-likeness (QED) is 0.417. The van der Waals surface area contributed by atoms with Gasteiger partial charge in [-0.2, -0.15) is 5.10 Å². The molecule has 0 bridgehead atoms. The Labute approximate surface area is 210 Å². The van der Waals surface area contributed by atoms with Gasteiger partial charge in [-0.1, -0.05) is 6.92 Å². The van der Waals surface area contributed by atoms with E-state index in [1.807, 2.05) is 20.8 Å². The molecule has 1 saturated carbocycles. The lowest BCUT2D eigenvalue weighted by Gasteiger charge is -2.21. The Morgan fingerprint density at radius 2 is 1.94 bits per heavy atom. The minimum atomic E-state index is -0.348. The van der Waals surface area contributed by atoms with Crippen LogP contribution in [0.1, 0.15) is 56.8 Å². The molecule has 36 heavy (non-hydrogen) atoms. The van der Waals surface area contributed by atoms with Crippen LogP contribution in [-0.4, -0.2) is 44.2 Å². The van der Waals surface area contributed by atoms with E-state index >= 15 is 0 Å². The Kier molecular flexibility index (Phi) is 7.82. The molecule has 190 valence electrons. The summed E-state index contributed by atoms with van der Waals surface area (Å²) in [5.74, 6) is 2.29. The number of nitrogens with zero attached hydrogens (tertiary/aromatic N) is 5. The van der Waals surface area contributed by atoms with Crippen molar-refractivity contribution in [2.75, 3.05) is 16.8 Å². The van der Waals surface area contributed by atoms with Crippen molar-refractivity contribution in [3.05, 3.63) is 48.4 Å². The third kappa shape index (κ3) is 6.80. The fraction of sp³-hybridized carbons (Fsp3) is 0.423. The first-order valence-corrected chi connectivity index (χ1v) is 12.2. The van der Waals surface area contributed by atoms with E-state index in [0.29, 0.717) is 47.6 Å². The third-order valence-corrected chi connectivity index (χ3v) is 5.49. The molecule has 0 saturated heterocycles. The number of anilines is 2. The molecule has 0 spiro atoms. The number of nitrogens with one attached hydrogen (secondary N) is 1. The predicted octanol–water partition coefficient (Wildman–Crippen LogP) is 4.59. The number of carbonyl (C=O) groups excluding carboxylic acids is 2. The van der Waals surface area contributed by atoms with Gasteiger partial charge in [0.1, 0.15) is 11.5 Å². The Bertz CT molecular complexity index is 1200. The van der Waals surface area contributed by atoms with Crippen LogP contribution >= 0.6 is 0 Å². The van der Waals surface area contributed by atoms with E-state index in [9.17, 15) is 9.59 Å². The standard InChI is InChI=1S/C26H32N6O4/c1-5-6-25(33)32(16-18-7-8-18)23-14-28-24(15-27-23)36-21-12-19(11-20(13-21)35-17(2)3)26(34)29-22-9-10-31(4)30-22/h9-15,17-18H,5-8,16H2,1-4H3,(H,29,30,34). The summed E-state index contributed by atoms with van der Waals surface area (Å²) in [5, 5.41) is 6.95. The van der Waals surface area contributed by atoms with E-state index in [4.69, 9.17) is 9.47 Å². The minimum Gasteiger partial charge on any atom is -0.491 e. The molecule has 0 aliphatic heterocycles. The highest BCUT2D eigenvalue weighted by Gasteiger charge is 2.28. The predicted molar refractivity (Wildman–Crippen MR) is 135 cm³/mol. The molecule has 3 aromatic rings. The summed E-state index contributed by atoms with van der Waals surface area (Å²) in [6.07, 6.45) is 8.20. The lowest BCUT2D eigenvalue weighted by molar-refractivity contribution is -0.118. The number of rotatable bonds is 11. The van der Waals surface area contributed by atoms with Gasteiger partial charge >= 0.3 is 0 Å². The first-order chi connectivity index (χ1) is 17.3. The third-order valence-electron chi connectivity index (χ3n) is 5.49. The van der Waals surface area contributed by atoms with Crippen LogP contribution in [0.4, 0.5) is 11.6 Å². The largest absolute Gasteiger partial charge is 0.491 e. The van der Waals surface area contributed by atoms with Gasteiger partial charge in [-0.3, -0.25) is 19.2 Å². The highest BCUT2D eigenvalue weighted by molar-refractivity contribution is 6.04. The molecule has 2 aromatic heterocycles. The van der Waals surface area contributed by atoms with Gasteiger partial charge in [0.2, 0.25) is 11.8 Å². The highest BCUT2D eigenvalue weighted by atomic mass is 16.5. The number of hydrogen-bond donors (Lipinski definition) is 1. The molecular weight excluding hydrogens is 460 g/mol. The maximum atomic E-state index is 12.9. The second-order valence-corrected chi connectivity index (χ2v) is 9.20. The summed E-state index contributed by atoms with van der Waals surface area (Å²) in [5.41, 5.74) is 0.346. The van der Waals surface area contributed by atoms with E-state index < -0.39 is 0 Å². The fourth-order valence-electron chi connectivity index (χ4n) is 3.62. The van der Waals surface area contributed by atoms with Crippen molar-refractivity contribution in [2.45, 2.75) is 52.6 Å². The smallest absolute Gasteiger partial charge is 0.257 e. The summed E-state index contributed by atoms with van der Waals surface area (Å²) >= 11 is 0. The molecule has 10 heteroatoms. The maximum Gasteiger partial charge on any atom is 0.257 e. The van der Waals surface area contributed by atoms with E-state index in [0.717, 1.165) is 19.3 Å². The Hall–Kier alpha value is -3.95. The van der Waals surface area contributed by atoms with Gasteiger partial charge in [-0.25, -0.2) is 9.97 Å². The first kappa shape index (κ1) is 25.2. The van der Waals surface area contributed by atoms with Gasteiger partial charge < -0.3 is 14.8 Å². The highest BCUT2D eigenvalue weighted by Crippen LogP contribution is 2.32. The van der Waals surface area contributed by atoms with Gasteiger partial charge in [-0.15, -0.1) is 0 Å². The van der Waals surface area contributed by atoms with Crippen LogP contribution in [0, 0.1) is 5.92 Å². The number of hydrogen-bond acceptors (Lipinski definition) is 7. The number of aromatic nitrogens is 4. The van der Waals surface area contributed by atoms with Crippen LogP contribution in [0.25, 0.3) is 0 Å². The van der Waals surface area contributed by atoms with Crippen LogP contribution in [0.15, 0.2) is 42.9 Å². The first-order valence-electron chi connectivity index (χ1n) is 12.2. The summed E-state index contributed by atoms with van der Waals surface area (Å²) in [7, 11) is 1.77. The summed E-state index contributed by atoms with van der Waals surface area (Å²) in [6.45, 7) is 6.45. The molecule has 1 N–H and O–H groups in total. The van der Waals surface area contributed by atoms with Crippen LogP contribution in [0.5, 0.6) is 17.4 Å². The van der Waals surface area contributed by atoms with Crippen molar-refractivity contribution in [3.8, 4) is 17.4 Å². The molecule has 1 aliphatic rings. The van der Waals surface area contributed by atoms with Crippen LogP contribution in [-0.2, 0) is 11.8 Å². The second-order valence-electron chi connectivity index (χ2n) is 9.20. The molecule has 1 aromatic carbocycles. The fourth-order valence-corrected chi connectivity index (χ4v) is 3.62. The minimum absolute atomic E-state index is 0.0504. The van der Waals surface area contributed by atoms with Gasteiger partial charge in [-0.05, 0) is 51.2 Å². The van der Waals surface area contributed by atoms with Gasteiger partial charge in [0, 0.05) is 43.9 Å². The summed E-state index contributed by atoms with van der Waals surface area (Å²) in [4.78, 5) is 36.0. The molecule has 10 nitrogen and oxygen atoms in total. The van der Waals surface area contributed by atoms with E-state index in [1.165, 1.54) is 6.20 Å². The lowest BCUT2D eigenvalue weighted by Crippen LogP contribution is -2.33. The average molecular weight is 493 g/mol. The van der Waals surface area contributed by atoms with Crippen LogP contribution in [0.2, 0.25) is 0 Å². The average Bonchev–Trinajstić information content (AvgIpc) is 3.57. The van der Waals surface area contributed by atoms with Crippen molar-refractivity contribution < 1.29 is 19.1 Å². The Morgan fingerprint density at radius 3 is 2.56 bits per heavy atom. The van der Waals surface area contributed by atoms with Crippen LogP contribution in [0.3, 0.4) is 0 Å². The maximum absolute atomic E-state index is 12.9. The van der Waals surface area contributed by atoms with Crippen molar-refractivity contribution >= 4 is 23.5 Å². The molecular formula is C26H32N6O4. The van der Waals surface area contributed by atoms with E-state index in [2.05, 4.69) is 20.4 Å². The zero-order chi connectivity index (χ0) is 25.7. The van der Waals surface area contributed by atoms with Crippen molar-refractivity contribution in [1.29, 1.82) is 0 Å². The van der Waals surface area contributed by atoms with Crippen LogP contribution < -0.4 is 19.7 Å². The molecule has 4 rings (SSSR count). The molecule has 0 atom stereocenters. The molecule has 1 aliphatic carbocycles. The molecule has 0 unspecified atom stereocenters. The normalized spacial score (nSPS) is 12.9.